The van der Waals surface area contributed by atoms with Gasteiger partial charge in [-0.25, -0.2) is 22.7 Å². The molecule has 1 saturated heterocycles. The maximum Gasteiger partial charge on any atom is 0.332 e. The van der Waals surface area contributed by atoms with E-state index in [-0.39, 0.29) is 17.5 Å². The SMILES string of the molecule is C=O.CC(CC=O)CN(C)C.CNC(=O)Nc1c2c(cc3c1CCC3)CCC2.O=C(Nc1c2c(cc3c1CCC3)CCC2)NS(=O)(=O)CCN1CCCCC1.[HH].[HH].[HH].[HH]. The lowest BCUT2D eigenvalue weighted by Crippen LogP contribution is -2.41. The Bertz CT molecular complexity index is 1700. The summed E-state index contributed by atoms with van der Waals surface area (Å²) in [4.78, 5) is 46.3. The van der Waals surface area contributed by atoms with Crippen LogP contribution in [0.1, 0.15) is 109 Å². The zero-order chi connectivity index (χ0) is 40.0. The number of urea groups is 2. The molecule has 5 aliphatic rings. The number of nitrogens with zero attached hydrogens (tertiary/aromatic N) is 2. The number of anilines is 2. The van der Waals surface area contributed by atoms with Gasteiger partial charge < -0.3 is 35.3 Å². The predicted molar refractivity (Wildman–Crippen MR) is 229 cm³/mol. The summed E-state index contributed by atoms with van der Waals surface area (Å²) >= 11 is 0. The number of sulfonamides is 1. The molecule has 0 bridgehead atoms. The van der Waals surface area contributed by atoms with E-state index in [0.717, 1.165) is 102 Å². The number of fused-ring (bicyclic) bond motifs is 4. The minimum absolute atomic E-state index is 0. The van der Waals surface area contributed by atoms with E-state index < -0.39 is 16.1 Å². The number of hydrogen-bond donors (Lipinski definition) is 4. The Hall–Kier alpha value is -3.81. The third-order valence-corrected chi connectivity index (χ3v) is 12.4. The van der Waals surface area contributed by atoms with Crippen molar-refractivity contribution in [3.05, 3.63) is 56.6 Å². The molecule has 12 nitrogen and oxygen atoms in total. The molecule has 0 spiro atoms. The molecule has 2 aromatic rings. The highest BCUT2D eigenvalue weighted by Gasteiger charge is 2.27. The van der Waals surface area contributed by atoms with E-state index in [2.05, 4.69) is 49.5 Å². The van der Waals surface area contributed by atoms with E-state index in [0.29, 0.717) is 18.9 Å². The van der Waals surface area contributed by atoms with Gasteiger partial charge in [-0.05, 0) is 168 Å². The van der Waals surface area contributed by atoms with Gasteiger partial charge >= 0.3 is 12.1 Å². The smallest absolute Gasteiger partial charge is 0.332 e. The first-order chi connectivity index (χ1) is 26.5. The number of rotatable bonds is 10. The van der Waals surface area contributed by atoms with Crippen LogP contribution in [0.25, 0.3) is 0 Å². The lowest BCUT2D eigenvalue weighted by molar-refractivity contribution is -0.108. The summed E-state index contributed by atoms with van der Waals surface area (Å²) in [6.45, 7) is 7.46. The van der Waals surface area contributed by atoms with Gasteiger partial charge in [0.05, 0.1) is 5.75 Å². The molecule has 0 radical (unpaired) electrons. The van der Waals surface area contributed by atoms with Crippen LogP contribution >= 0.6 is 0 Å². The average molecular weight is 789 g/mol. The van der Waals surface area contributed by atoms with Crippen molar-refractivity contribution >= 4 is 46.5 Å². The Morgan fingerprint density at radius 3 is 1.60 bits per heavy atom. The van der Waals surface area contributed by atoms with Gasteiger partial charge in [0.2, 0.25) is 10.0 Å². The Kier molecular flexibility index (Phi) is 17.2. The van der Waals surface area contributed by atoms with Crippen LogP contribution in [0.3, 0.4) is 0 Å². The number of likely N-dealkylation sites (tertiary alicyclic amines) is 1. The Balaban J connectivity index is 0.000000909. The lowest BCUT2D eigenvalue weighted by Gasteiger charge is -2.26. The van der Waals surface area contributed by atoms with Crippen LogP contribution in [0.4, 0.5) is 21.0 Å². The fraction of sp³-hybridized carbons (Fsp3) is 0.619. The van der Waals surface area contributed by atoms with Gasteiger partial charge in [-0.2, -0.15) is 0 Å². The van der Waals surface area contributed by atoms with Gasteiger partial charge in [0, 0.05) is 43.6 Å². The summed E-state index contributed by atoms with van der Waals surface area (Å²) in [6.07, 6.45) is 18.4. The minimum atomic E-state index is -3.63. The van der Waals surface area contributed by atoms with Gasteiger partial charge in [-0.3, -0.25) is 0 Å². The van der Waals surface area contributed by atoms with E-state index in [1.165, 1.54) is 76.6 Å². The van der Waals surface area contributed by atoms with Crippen LogP contribution in [0.2, 0.25) is 0 Å². The maximum absolute atomic E-state index is 12.5. The fourth-order valence-corrected chi connectivity index (χ4v) is 9.67. The molecule has 1 unspecified atom stereocenters. The molecular weight excluding hydrogens is 717 g/mol. The number of aldehydes is 1. The number of amides is 4. The van der Waals surface area contributed by atoms with Crippen LogP contribution in [-0.2, 0) is 71.0 Å². The van der Waals surface area contributed by atoms with Crippen LogP contribution in [0, 0.1) is 5.92 Å². The molecule has 1 atom stereocenters. The minimum Gasteiger partial charge on any atom is -0.341 e. The quantitative estimate of drug-likeness (QED) is 0.197. The van der Waals surface area contributed by atoms with Crippen LogP contribution in [0.15, 0.2) is 12.1 Å². The third kappa shape index (κ3) is 12.6. The van der Waals surface area contributed by atoms with E-state index in [9.17, 15) is 22.8 Å². The van der Waals surface area contributed by atoms with Crippen molar-refractivity contribution in [2.24, 2.45) is 5.92 Å². The molecule has 55 heavy (non-hydrogen) atoms. The lowest BCUT2D eigenvalue weighted by atomic mass is 9.99. The summed E-state index contributed by atoms with van der Waals surface area (Å²) in [7, 11) is 2.06. The van der Waals surface area contributed by atoms with Crippen molar-refractivity contribution in [2.45, 2.75) is 110 Å². The van der Waals surface area contributed by atoms with Crippen LogP contribution < -0.4 is 20.7 Å². The van der Waals surface area contributed by atoms with Crippen molar-refractivity contribution in [3.8, 4) is 0 Å². The van der Waals surface area contributed by atoms with Crippen LogP contribution in [-0.4, -0.2) is 96.4 Å². The summed E-state index contributed by atoms with van der Waals surface area (Å²) in [5.74, 6) is 0.461. The normalized spacial score (nSPS) is 17.0. The molecule has 1 heterocycles. The molecule has 0 saturated carbocycles. The number of aryl methyl sites for hydroxylation is 4. The van der Waals surface area contributed by atoms with Gasteiger partial charge in [0.15, 0.2) is 0 Å². The Morgan fingerprint density at radius 2 is 1.20 bits per heavy atom. The van der Waals surface area contributed by atoms with E-state index >= 15 is 0 Å². The van der Waals surface area contributed by atoms with E-state index in [1.54, 1.807) is 7.05 Å². The number of carbonyl (C=O) groups excluding carboxylic acids is 4. The predicted octanol–water partition coefficient (Wildman–Crippen LogP) is 6.59. The number of carbonyl (C=O) groups is 4. The number of piperidine rings is 1. The fourth-order valence-electron chi connectivity index (χ4n) is 8.74. The second kappa shape index (κ2) is 21.5. The summed E-state index contributed by atoms with van der Waals surface area (Å²) in [5, 5.41) is 8.58. The van der Waals surface area contributed by atoms with Crippen molar-refractivity contribution in [3.63, 3.8) is 0 Å². The van der Waals surface area contributed by atoms with E-state index in [1.807, 2.05) is 20.9 Å². The number of nitrogens with one attached hydrogen (secondary N) is 4. The molecule has 0 aromatic heterocycles. The van der Waals surface area contributed by atoms with Gasteiger partial charge in [0.1, 0.15) is 13.1 Å². The summed E-state index contributed by atoms with van der Waals surface area (Å²) in [5.41, 5.74) is 12.7. The molecule has 4 N–H and O–H groups in total. The Labute approximate surface area is 334 Å². The van der Waals surface area contributed by atoms with E-state index in [4.69, 9.17) is 4.79 Å². The molecule has 312 valence electrons. The summed E-state index contributed by atoms with van der Waals surface area (Å²) in [6, 6.07) is 3.95. The molecular formula is C42H72N6O6S. The maximum atomic E-state index is 12.5. The highest BCUT2D eigenvalue weighted by molar-refractivity contribution is 7.90. The zero-order valence-corrected chi connectivity index (χ0v) is 34.4. The van der Waals surface area contributed by atoms with Crippen molar-refractivity contribution in [2.75, 3.05) is 63.7 Å². The first-order valence-corrected chi connectivity index (χ1v) is 21.9. The second-order valence-corrected chi connectivity index (χ2v) is 17.6. The van der Waals surface area contributed by atoms with Crippen LogP contribution in [0.5, 0.6) is 0 Å². The largest absolute Gasteiger partial charge is 0.341 e. The summed E-state index contributed by atoms with van der Waals surface area (Å²) < 4.78 is 26.9. The first-order valence-electron chi connectivity index (χ1n) is 20.2. The molecule has 2 aromatic carbocycles. The number of hydrogen-bond acceptors (Lipinski definition) is 8. The molecule has 4 aliphatic carbocycles. The zero-order valence-electron chi connectivity index (χ0n) is 33.6. The molecule has 1 aliphatic heterocycles. The Morgan fingerprint density at radius 1 is 0.764 bits per heavy atom. The van der Waals surface area contributed by atoms with Crippen molar-refractivity contribution in [1.29, 1.82) is 0 Å². The third-order valence-electron chi connectivity index (χ3n) is 11.2. The van der Waals surface area contributed by atoms with Gasteiger partial charge in [-0.1, -0.05) is 25.5 Å². The topological polar surface area (TPSA) is 157 Å². The number of benzene rings is 2. The molecule has 1 fully saturated rings. The molecule has 13 heteroatoms. The van der Waals surface area contributed by atoms with Crippen molar-refractivity contribution < 1.29 is 33.3 Å². The standard InChI is InChI=1S/C20H29N3O3S.C14H18N2O.C7H15NO.CH2O.4H2/c24-20(22-27(25,26)13-12-23-10-2-1-3-11-23)21-19-17-8-4-6-15(17)14-16-7-5-9-18(16)19;1-15-14(17)16-13-11-6-2-4-9(11)8-10-5-3-7-12(10)13;1-7(4-5-9)6-8(2)3;1-2;;;;/h14H,1-13H2,(H2,21,22,24);8H,2-7H2,1H3,(H2,15,16,17);5,7H,4,6H2,1-3H3;1H2;4*1H. The first kappa shape index (κ1) is 43.9. The van der Waals surface area contributed by atoms with Gasteiger partial charge in [0.25, 0.3) is 0 Å². The second-order valence-electron chi connectivity index (χ2n) is 15.7. The molecule has 4 amide bonds. The van der Waals surface area contributed by atoms with Gasteiger partial charge in [-0.15, -0.1) is 0 Å². The monoisotopic (exact) mass is 789 g/mol. The molecule has 7 rings (SSSR count). The highest BCUT2D eigenvalue weighted by Crippen LogP contribution is 2.39. The van der Waals surface area contributed by atoms with Crippen molar-refractivity contribution in [1.82, 2.24) is 19.8 Å². The average Bonchev–Trinajstić information content (AvgIpc) is 4.00. The highest BCUT2D eigenvalue weighted by atomic mass is 32.2.